The van der Waals surface area contributed by atoms with Gasteiger partial charge in [-0.1, -0.05) is 37.4 Å². The first kappa shape index (κ1) is 10.3. The fourth-order valence-corrected chi connectivity index (χ4v) is 1.64. The van der Waals surface area contributed by atoms with Crippen LogP contribution in [-0.2, 0) is 0 Å². The van der Waals surface area contributed by atoms with Gasteiger partial charge in [0.15, 0.2) is 0 Å². The van der Waals surface area contributed by atoms with Crippen LogP contribution in [0.3, 0.4) is 0 Å². The fraction of sp³-hybridized carbons (Fsp3) is 0. The van der Waals surface area contributed by atoms with Crippen LogP contribution >= 0.6 is 0 Å². The molecule has 0 aliphatic rings. The molecule has 2 heteroatoms. The van der Waals surface area contributed by atoms with Crippen LogP contribution in [0.5, 0.6) is 11.5 Å². The Kier molecular flexibility index (Phi) is 2.92. The minimum absolute atomic E-state index is 0.766. The molecule has 0 spiro atoms. The minimum atomic E-state index is 0.766. The van der Waals surface area contributed by atoms with Crippen LogP contribution in [0.2, 0.25) is 0 Å². The summed E-state index contributed by atoms with van der Waals surface area (Å²) in [4.78, 5) is 0. The maximum Gasteiger partial charge on any atom is 0.134 e. The molecule has 2 nitrogen and oxygen atoms in total. The molecule has 2 aromatic carbocycles. The van der Waals surface area contributed by atoms with Gasteiger partial charge in [0.05, 0.1) is 12.5 Å². The van der Waals surface area contributed by atoms with Crippen LogP contribution in [0.1, 0.15) is 0 Å². The molecule has 0 bridgehead atoms. The van der Waals surface area contributed by atoms with E-state index in [4.69, 9.17) is 9.47 Å². The lowest BCUT2D eigenvalue weighted by Crippen LogP contribution is -1.86. The van der Waals surface area contributed by atoms with Crippen LogP contribution in [-0.4, -0.2) is 0 Å². The molecule has 0 radical (unpaired) electrons. The summed E-state index contributed by atoms with van der Waals surface area (Å²) in [6, 6.07) is 11.6. The molecule has 0 saturated carbocycles. The Labute approximate surface area is 94.4 Å². The quantitative estimate of drug-likeness (QED) is 0.716. The second-order valence-corrected chi connectivity index (χ2v) is 3.18. The molecule has 80 valence electrons. The smallest absolute Gasteiger partial charge is 0.134 e. The molecule has 2 rings (SSSR count). The number of hydrogen-bond donors (Lipinski definition) is 0. The molecule has 0 aliphatic carbocycles. The Bertz CT molecular complexity index is 480. The Hall–Kier alpha value is -2.22. The average Bonchev–Trinajstić information content (AvgIpc) is 2.31. The topological polar surface area (TPSA) is 18.5 Å². The molecule has 0 amide bonds. The standard InChI is InChI=1S/C14H12O2/c1-3-15-13-9-5-8-12-11(13)7-6-10-14(12)16-4-2/h3-10H,1-2H2. The highest BCUT2D eigenvalue weighted by Crippen LogP contribution is 2.32. The molecule has 0 aliphatic heterocycles. The monoisotopic (exact) mass is 212 g/mol. The molecule has 0 aromatic heterocycles. The Balaban J connectivity index is 2.65. The third-order valence-electron chi connectivity index (χ3n) is 2.26. The number of ether oxygens (including phenoxy) is 2. The first-order valence-corrected chi connectivity index (χ1v) is 4.93. The Morgan fingerprint density at radius 3 is 1.56 bits per heavy atom. The number of fused-ring (bicyclic) bond motifs is 1. The largest absolute Gasteiger partial charge is 0.465 e. The normalized spacial score (nSPS) is 9.75. The van der Waals surface area contributed by atoms with E-state index in [2.05, 4.69) is 13.2 Å². The molecule has 16 heavy (non-hydrogen) atoms. The van der Waals surface area contributed by atoms with E-state index in [-0.39, 0.29) is 0 Å². The van der Waals surface area contributed by atoms with Gasteiger partial charge in [-0.2, -0.15) is 0 Å². The van der Waals surface area contributed by atoms with Crippen molar-refractivity contribution < 1.29 is 9.47 Å². The number of benzene rings is 2. The van der Waals surface area contributed by atoms with Crippen molar-refractivity contribution in [2.75, 3.05) is 0 Å². The predicted octanol–water partition coefficient (Wildman–Crippen LogP) is 3.88. The van der Waals surface area contributed by atoms with Gasteiger partial charge in [0.1, 0.15) is 11.5 Å². The zero-order valence-corrected chi connectivity index (χ0v) is 8.85. The third kappa shape index (κ3) is 1.77. The van der Waals surface area contributed by atoms with Gasteiger partial charge in [0, 0.05) is 10.8 Å². The van der Waals surface area contributed by atoms with Gasteiger partial charge < -0.3 is 9.47 Å². The number of hydrogen-bond acceptors (Lipinski definition) is 2. The van der Waals surface area contributed by atoms with Crippen molar-refractivity contribution in [1.29, 1.82) is 0 Å². The second-order valence-electron chi connectivity index (χ2n) is 3.18. The van der Waals surface area contributed by atoms with Crippen molar-refractivity contribution >= 4 is 10.8 Å². The van der Waals surface area contributed by atoms with Crippen LogP contribution in [0.25, 0.3) is 10.8 Å². The van der Waals surface area contributed by atoms with Crippen molar-refractivity contribution in [2.45, 2.75) is 0 Å². The third-order valence-corrected chi connectivity index (χ3v) is 2.26. The van der Waals surface area contributed by atoms with Crippen LogP contribution in [0.4, 0.5) is 0 Å². The second kappa shape index (κ2) is 4.53. The lowest BCUT2D eigenvalue weighted by molar-refractivity contribution is 0.484. The number of rotatable bonds is 4. The van der Waals surface area contributed by atoms with Gasteiger partial charge in [-0.25, -0.2) is 0 Å². The van der Waals surface area contributed by atoms with Crippen molar-refractivity contribution in [3.05, 3.63) is 62.1 Å². The van der Waals surface area contributed by atoms with E-state index in [9.17, 15) is 0 Å². The van der Waals surface area contributed by atoms with E-state index in [1.54, 1.807) is 0 Å². The average molecular weight is 212 g/mol. The van der Waals surface area contributed by atoms with E-state index in [0.29, 0.717) is 0 Å². The highest BCUT2D eigenvalue weighted by Gasteiger charge is 2.05. The van der Waals surface area contributed by atoms with E-state index in [1.807, 2.05) is 36.4 Å². The summed E-state index contributed by atoms with van der Waals surface area (Å²) in [7, 11) is 0. The van der Waals surface area contributed by atoms with E-state index in [1.165, 1.54) is 12.5 Å². The summed E-state index contributed by atoms with van der Waals surface area (Å²) in [6.07, 6.45) is 2.83. The van der Waals surface area contributed by atoms with Gasteiger partial charge >= 0.3 is 0 Å². The van der Waals surface area contributed by atoms with Crippen molar-refractivity contribution in [3.8, 4) is 11.5 Å². The van der Waals surface area contributed by atoms with Crippen LogP contribution in [0.15, 0.2) is 62.1 Å². The zero-order chi connectivity index (χ0) is 11.4. The van der Waals surface area contributed by atoms with Crippen LogP contribution in [0, 0.1) is 0 Å². The van der Waals surface area contributed by atoms with Crippen molar-refractivity contribution in [2.24, 2.45) is 0 Å². The summed E-state index contributed by atoms with van der Waals surface area (Å²) < 4.78 is 10.7. The molecule has 0 heterocycles. The van der Waals surface area contributed by atoms with Crippen molar-refractivity contribution in [3.63, 3.8) is 0 Å². The Morgan fingerprint density at radius 2 is 1.19 bits per heavy atom. The first-order valence-electron chi connectivity index (χ1n) is 4.93. The highest BCUT2D eigenvalue weighted by atomic mass is 16.5. The summed E-state index contributed by atoms with van der Waals surface area (Å²) in [5.41, 5.74) is 0. The summed E-state index contributed by atoms with van der Waals surface area (Å²) in [6.45, 7) is 7.10. The minimum Gasteiger partial charge on any atom is -0.465 e. The zero-order valence-electron chi connectivity index (χ0n) is 8.85. The molecule has 0 saturated heterocycles. The Morgan fingerprint density at radius 1 is 0.750 bits per heavy atom. The van der Waals surface area contributed by atoms with Crippen LogP contribution < -0.4 is 9.47 Å². The molecular formula is C14H12O2. The summed E-state index contributed by atoms with van der Waals surface area (Å²) >= 11 is 0. The van der Waals surface area contributed by atoms with Gasteiger partial charge in [0.25, 0.3) is 0 Å². The fourth-order valence-electron chi connectivity index (χ4n) is 1.64. The van der Waals surface area contributed by atoms with Gasteiger partial charge in [-0.15, -0.1) is 0 Å². The maximum absolute atomic E-state index is 5.33. The van der Waals surface area contributed by atoms with E-state index < -0.39 is 0 Å². The van der Waals surface area contributed by atoms with E-state index in [0.717, 1.165) is 22.3 Å². The first-order chi connectivity index (χ1) is 7.86. The van der Waals surface area contributed by atoms with Crippen molar-refractivity contribution in [1.82, 2.24) is 0 Å². The molecule has 0 N–H and O–H groups in total. The molecule has 0 unspecified atom stereocenters. The van der Waals surface area contributed by atoms with Gasteiger partial charge in [0.2, 0.25) is 0 Å². The molecular weight excluding hydrogens is 200 g/mol. The maximum atomic E-state index is 5.33. The van der Waals surface area contributed by atoms with Gasteiger partial charge in [-0.05, 0) is 12.1 Å². The summed E-state index contributed by atoms with van der Waals surface area (Å²) in [5.74, 6) is 1.53. The van der Waals surface area contributed by atoms with Gasteiger partial charge in [-0.3, -0.25) is 0 Å². The lowest BCUT2D eigenvalue weighted by Gasteiger charge is -2.08. The molecule has 0 atom stereocenters. The molecule has 0 fully saturated rings. The summed E-state index contributed by atoms with van der Waals surface area (Å²) in [5, 5.41) is 1.98. The predicted molar refractivity (Wildman–Crippen MR) is 65.6 cm³/mol. The van der Waals surface area contributed by atoms with E-state index >= 15 is 0 Å². The lowest BCUT2D eigenvalue weighted by atomic mass is 10.1. The highest BCUT2D eigenvalue weighted by molar-refractivity contribution is 5.93. The SMILES string of the molecule is C=COc1cccc2c(OC=C)cccc12. The molecule has 2 aromatic rings.